The average molecular weight is 490 g/mol. The van der Waals surface area contributed by atoms with Crippen LogP contribution in [0.1, 0.15) is 30.0 Å². The van der Waals surface area contributed by atoms with Crippen LogP contribution in [0.15, 0.2) is 61.2 Å². The van der Waals surface area contributed by atoms with Crippen LogP contribution in [0.4, 0.5) is 0 Å². The number of aromatic nitrogens is 3. The summed E-state index contributed by atoms with van der Waals surface area (Å²) in [6.45, 7) is 5.44. The Kier molecular flexibility index (Phi) is 6.84. The summed E-state index contributed by atoms with van der Waals surface area (Å²) in [6, 6.07) is 15.5. The van der Waals surface area contributed by atoms with Crippen molar-refractivity contribution in [1.82, 2.24) is 25.2 Å². The highest BCUT2D eigenvalue weighted by Crippen LogP contribution is 2.52. The van der Waals surface area contributed by atoms with E-state index in [1.54, 1.807) is 6.08 Å². The van der Waals surface area contributed by atoms with Gasteiger partial charge in [0.05, 0.1) is 18.8 Å². The van der Waals surface area contributed by atoms with Gasteiger partial charge >= 0.3 is 0 Å². The van der Waals surface area contributed by atoms with Gasteiger partial charge in [-0.2, -0.15) is 15.0 Å². The number of likely N-dealkylation sites (tertiary alicyclic amines) is 1. The van der Waals surface area contributed by atoms with Crippen molar-refractivity contribution in [2.75, 3.05) is 33.4 Å². The van der Waals surface area contributed by atoms with Crippen molar-refractivity contribution in [3.8, 4) is 0 Å². The van der Waals surface area contributed by atoms with Crippen LogP contribution < -0.4 is 5.32 Å². The van der Waals surface area contributed by atoms with Gasteiger partial charge in [0.1, 0.15) is 24.2 Å². The Morgan fingerprint density at radius 2 is 1.78 bits per heavy atom. The van der Waals surface area contributed by atoms with Gasteiger partial charge in [-0.3, -0.25) is 9.59 Å². The minimum Gasteiger partial charge on any atom is -0.375 e. The Hall–Kier alpha value is -3.56. The van der Waals surface area contributed by atoms with E-state index in [1.165, 1.54) is 17.5 Å². The molecule has 0 bridgehead atoms. The van der Waals surface area contributed by atoms with E-state index in [0.29, 0.717) is 19.7 Å². The number of ether oxygens (including phenoxy) is 2. The van der Waals surface area contributed by atoms with Crippen LogP contribution in [0.3, 0.4) is 0 Å². The lowest BCUT2D eigenvalue weighted by atomic mass is 9.71. The molecule has 0 radical (unpaired) electrons. The van der Waals surface area contributed by atoms with Crippen molar-refractivity contribution in [2.24, 2.45) is 0 Å². The summed E-state index contributed by atoms with van der Waals surface area (Å²) in [5.41, 5.74) is 3.46. The average Bonchev–Trinajstić information content (AvgIpc) is 3.40. The number of carbonyl (C=O) groups excluding carboxylic acids is 2. The third-order valence-corrected chi connectivity index (χ3v) is 7.28. The monoisotopic (exact) mass is 489 g/mol. The number of nitrogens with one attached hydrogen (secondary N) is 1. The molecule has 3 aromatic rings. The minimum absolute atomic E-state index is 0.00931. The fourth-order valence-corrected chi connectivity index (χ4v) is 5.69. The van der Waals surface area contributed by atoms with Gasteiger partial charge in [0.25, 0.3) is 0 Å². The largest absolute Gasteiger partial charge is 0.375 e. The molecule has 5 rings (SSSR count). The van der Waals surface area contributed by atoms with Gasteiger partial charge in [-0.1, -0.05) is 42.5 Å². The molecule has 1 saturated heterocycles. The van der Waals surface area contributed by atoms with E-state index in [0.717, 1.165) is 29.4 Å². The van der Waals surface area contributed by atoms with Crippen molar-refractivity contribution in [1.29, 1.82) is 0 Å². The van der Waals surface area contributed by atoms with Gasteiger partial charge in [0, 0.05) is 25.6 Å². The van der Waals surface area contributed by atoms with Gasteiger partial charge in [-0.25, -0.2) is 0 Å². The first kappa shape index (κ1) is 24.1. The molecule has 1 fully saturated rings. The number of nitrogens with zero attached hydrogens (tertiary/aromatic N) is 4. The smallest absolute Gasteiger partial charge is 0.246 e. The van der Waals surface area contributed by atoms with Crippen LogP contribution in [0, 0.1) is 0 Å². The van der Waals surface area contributed by atoms with Crippen molar-refractivity contribution < 1.29 is 19.1 Å². The molecule has 1 spiro atoms. The second-order valence-corrected chi connectivity index (χ2v) is 9.36. The zero-order valence-electron chi connectivity index (χ0n) is 20.4. The summed E-state index contributed by atoms with van der Waals surface area (Å²) in [5.74, 6) is -0.196. The summed E-state index contributed by atoms with van der Waals surface area (Å²) in [7, 11) is 1.50. The third-order valence-electron chi connectivity index (χ3n) is 7.28. The van der Waals surface area contributed by atoms with Gasteiger partial charge in [0.2, 0.25) is 11.8 Å². The standard InChI is InChI=1S/C27H31N5O4/c1-3-16-36-26-25(28-23(33)18-35-2)19-8-4-5-9-20(19)27(26)12-14-31(15-13-27)24(34)17-32-29-21-10-6-7-11-22(21)30-32/h3-11,25-26H,1,12-18H2,2H3,(H,28,33)/t25-,26+/m1/s1. The molecule has 0 saturated carbocycles. The van der Waals surface area contributed by atoms with Gasteiger partial charge in [-0.05, 0) is 36.1 Å². The summed E-state index contributed by atoms with van der Waals surface area (Å²) in [6.07, 6.45) is 2.90. The molecule has 2 atom stereocenters. The molecule has 36 heavy (non-hydrogen) atoms. The Balaban J connectivity index is 1.35. The summed E-state index contributed by atoms with van der Waals surface area (Å²) >= 11 is 0. The Morgan fingerprint density at radius 3 is 2.44 bits per heavy atom. The van der Waals surface area contributed by atoms with E-state index in [1.807, 2.05) is 41.3 Å². The number of benzene rings is 2. The van der Waals surface area contributed by atoms with Crippen LogP contribution in [0.25, 0.3) is 11.0 Å². The molecule has 2 aromatic carbocycles. The van der Waals surface area contributed by atoms with Crippen LogP contribution >= 0.6 is 0 Å². The van der Waals surface area contributed by atoms with E-state index >= 15 is 0 Å². The van der Waals surface area contributed by atoms with Crippen molar-refractivity contribution >= 4 is 22.8 Å². The highest BCUT2D eigenvalue weighted by molar-refractivity contribution is 5.79. The molecule has 0 unspecified atom stereocenters. The van der Waals surface area contributed by atoms with E-state index in [4.69, 9.17) is 9.47 Å². The number of piperidine rings is 1. The number of methoxy groups -OCH3 is 1. The summed E-state index contributed by atoms with van der Waals surface area (Å²) in [5, 5.41) is 12.0. The highest BCUT2D eigenvalue weighted by atomic mass is 16.5. The number of fused-ring (bicyclic) bond motifs is 3. The van der Waals surface area contributed by atoms with Crippen molar-refractivity contribution in [3.63, 3.8) is 0 Å². The molecule has 188 valence electrons. The van der Waals surface area contributed by atoms with E-state index in [-0.39, 0.29) is 42.5 Å². The third kappa shape index (κ3) is 4.40. The number of hydrogen-bond acceptors (Lipinski definition) is 6. The van der Waals surface area contributed by atoms with E-state index < -0.39 is 0 Å². The first-order valence-corrected chi connectivity index (χ1v) is 12.2. The summed E-state index contributed by atoms with van der Waals surface area (Å²) in [4.78, 5) is 29.0. The van der Waals surface area contributed by atoms with Gasteiger partial charge in [0.15, 0.2) is 0 Å². The van der Waals surface area contributed by atoms with Crippen LogP contribution in [-0.4, -0.2) is 71.2 Å². The Bertz CT molecular complexity index is 1230. The molecule has 1 aromatic heterocycles. The second-order valence-electron chi connectivity index (χ2n) is 9.36. The lowest BCUT2D eigenvalue weighted by Gasteiger charge is -2.44. The fraction of sp³-hybridized carbons (Fsp3) is 0.407. The van der Waals surface area contributed by atoms with Crippen LogP contribution in [0.5, 0.6) is 0 Å². The highest BCUT2D eigenvalue weighted by Gasteiger charge is 2.54. The van der Waals surface area contributed by atoms with Gasteiger partial charge in [-0.15, -0.1) is 6.58 Å². The lowest BCUT2D eigenvalue weighted by molar-refractivity contribution is -0.135. The first-order chi connectivity index (χ1) is 17.6. The lowest BCUT2D eigenvalue weighted by Crippen LogP contribution is -2.52. The maximum atomic E-state index is 13.1. The SMILES string of the molecule is C=CCO[C@H]1[C@H](NC(=O)COC)c2ccccc2C12CCN(C(=O)Cn1nc3ccccc3n1)CC2. The van der Waals surface area contributed by atoms with Crippen molar-refractivity contribution in [3.05, 3.63) is 72.3 Å². The molecule has 1 aliphatic heterocycles. The first-order valence-electron chi connectivity index (χ1n) is 12.2. The van der Waals surface area contributed by atoms with E-state index in [9.17, 15) is 9.59 Å². The number of hydrogen-bond donors (Lipinski definition) is 1. The van der Waals surface area contributed by atoms with E-state index in [2.05, 4.69) is 34.2 Å². The topological polar surface area (TPSA) is 98.6 Å². The molecule has 2 aliphatic rings. The zero-order valence-corrected chi connectivity index (χ0v) is 20.4. The molecule has 1 N–H and O–H groups in total. The zero-order chi connectivity index (χ0) is 25.1. The number of carbonyl (C=O) groups is 2. The van der Waals surface area contributed by atoms with Crippen LogP contribution in [-0.2, 0) is 31.0 Å². The number of rotatable bonds is 8. The quantitative estimate of drug-likeness (QED) is 0.488. The maximum absolute atomic E-state index is 13.1. The molecular formula is C27H31N5O4. The molecule has 2 amide bonds. The fourth-order valence-electron chi connectivity index (χ4n) is 5.69. The van der Waals surface area contributed by atoms with Crippen molar-refractivity contribution in [2.45, 2.75) is 36.9 Å². The van der Waals surface area contributed by atoms with Crippen LogP contribution in [0.2, 0.25) is 0 Å². The molecule has 9 nitrogen and oxygen atoms in total. The predicted molar refractivity (Wildman–Crippen MR) is 134 cm³/mol. The molecule has 1 aliphatic carbocycles. The molecule has 2 heterocycles. The minimum atomic E-state index is -0.319. The number of amides is 2. The van der Waals surface area contributed by atoms with Gasteiger partial charge < -0.3 is 19.7 Å². The Labute approximate surface area is 210 Å². The second kappa shape index (κ2) is 10.2. The Morgan fingerprint density at radius 1 is 1.11 bits per heavy atom. The predicted octanol–water partition coefficient (Wildman–Crippen LogP) is 2.38. The molecular weight excluding hydrogens is 458 g/mol. The summed E-state index contributed by atoms with van der Waals surface area (Å²) < 4.78 is 11.4. The maximum Gasteiger partial charge on any atom is 0.246 e. The normalized spacial score (nSPS) is 20.4. The molecule has 9 heteroatoms.